The van der Waals surface area contributed by atoms with Crippen LogP contribution in [0.5, 0.6) is 11.5 Å². The maximum atomic E-state index is 12.9. The predicted molar refractivity (Wildman–Crippen MR) is 120 cm³/mol. The van der Waals surface area contributed by atoms with Crippen LogP contribution in [0.1, 0.15) is 26.3 Å². The van der Waals surface area contributed by atoms with E-state index in [0.29, 0.717) is 35.8 Å². The smallest absolute Gasteiger partial charge is 0.387 e. The molecule has 0 amide bonds. The topological polar surface area (TPSA) is 61.4 Å². The second kappa shape index (κ2) is 12.7. The van der Waals surface area contributed by atoms with Gasteiger partial charge in [0, 0.05) is 57.9 Å². The van der Waals surface area contributed by atoms with Crippen molar-refractivity contribution in [1.82, 2.24) is 20.4 Å². The number of rotatable bonds is 10. The number of ether oxygens (including phenoxy) is 2. The van der Waals surface area contributed by atoms with E-state index in [1.165, 1.54) is 0 Å². The maximum absolute atomic E-state index is 12.9. The summed E-state index contributed by atoms with van der Waals surface area (Å²) >= 11 is 0. The quantitative estimate of drug-likeness (QED) is 0.430. The molecule has 0 saturated carbocycles. The van der Waals surface area contributed by atoms with Gasteiger partial charge in [0.05, 0.1) is 6.61 Å². The molecule has 1 fully saturated rings. The van der Waals surface area contributed by atoms with E-state index in [4.69, 9.17) is 9.47 Å². The molecule has 0 spiro atoms. The second-order valence-corrected chi connectivity index (χ2v) is 8.01. The minimum atomic E-state index is -2.92. The Bertz CT molecular complexity index is 694. The van der Waals surface area contributed by atoms with Gasteiger partial charge in [-0.15, -0.1) is 0 Å². The molecule has 1 atom stereocenters. The summed E-state index contributed by atoms with van der Waals surface area (Å²) in [5.74, 6) is 1.47. The summed E-state index contributed by atoms with van der Waals surface area (Å²) in [4.78, 5) is 9.15. The molecule has 1 heterocycles. The zero-order valence-electron chi connectivity index (χ0n) is 19.3. The molecule has 1 aliphatic rings. The van der Waals surface area contributed by atoms with Gasteiger partial charge < -0.3 is 25.0 Å². The zero-order valence-corrected chi connectivity index (χ0v) is 19.3. The molecule has 0 bridgehead atoms. The predicted octanol–water partition coefficient (Wildman–Crippen LogP) is 2.62. The first-order valence-corrected chi connectivity index (χ1v) is 10.9. The van der Waals surface area contributed by atoms with Gasteiger partial charge in [0.25, 0.3) is 0 Å². The van der Waals surface area contributed by atoms with Crippen molar-refractivity contribution in [2.45, 2.75) is 40.0 Å². The Kier molecular flexibility index (Phi) is 10.3. The van der Waals surface area contributed by atoms with E-state index in [2.05, 4.69) is 46.3 Å². The number of piperazine rings is 1. The van der Waals surface area contributed by atoms with E-state index in [0.717, 1.165) is 32.7 Å². The summed E-state index contributed by atoms with van der Waals surface area (Å²) in [6, 6.07) is 5.51. The van der Waals surface area contributed by atoms with Crippen molar-refractivity contribution in [3.8, 4) is 11.5 Å². The maximum Gasteiger partial charge on any atom is 0.387 e. The van der Waals surface area contributed by atoms with Crippen molar-refractivity contribution in [3.63, 3.8) is 0 Å². The third-order valence-corrected chi connectivity index (χ3v) is 5.49. The number of para-hydroxylation sites is 1. The molecule has 176 valence electrons. The summed E-state index contributed by atoms with van der Waals surface area (Å²) in [7, 11) is 3.85. The van der Waals surface area contributed by atoms with Gasteiger partial charge in [-0.1, -0.05) is 26.0 Å². The van der Waals surface area contributed by atoms with E-state index >= 15 is 0 Å². The highest BCUT2D eigenvalue weighted by molar-refractivity contribution is 5.79. The molecule has 0 aromatic heterocycles. The molecule has 1 aliphatic heterocycles. The Labute approximate surface area is 184 Å². The number of hydrogen-bond acceptors (Lipinski definition) is 5. The molecule has 0 aliphatic carbocycles. The largest absolute Gasteiger partial charge is 0.490 e. The Hall–Kier alpha value is -2.13. The van der Waals surface area contributed by atoms with Crippen LogP contribution in [0.4, 0.5) is 8.78 Å². The van der Waals surface area contributed by atoms with Crippen LogP contribution in [-0.4, -0.2) is 81.8 Å². The summed E-state index contributed by atoms with van der Waals surface area (Å²) < 4.78 is 36.1. The van der Waals surface area contributed by atoms with Gasteiger partial charge in [0.15, 0.2) is 17.5 Å². The molecule has 1 unspecified atom stereocenters. The fraction of sp³-hybridized carbons (Fsp3) is 0.682. The first-order chi connectivity index (χ1) is 14.8. The van der Waals surface area contributed by atoms with Gasteiger partial charge in [-0.3, -0.25) is 9.89 Å². The number of nitrogens with one attached hydrogen (secondary N) is 2. The molecule has 2 N–H and O–H groups in total. The van der Waals surface area contributed by atoms with Crippen LogP contribution in [0.25, 0.3) is 0 Å². The number of nitrogens with zero attached hydrogens (tertiary/aromatic N) is 3. The average Bonchev–Trinajstić information content (AvgIpc) is 2.73. The Morgan fingerprint density at radius 1 is 1.16 bits per heavy atom. The molecule has 1 aromatic rings. The molecule has 1 aromatic carbocycles. The van der Waals surface area contributed by atoms with Crippen LogP contribution in [0, 0.1) is 5.92 Å². The summed E-state index contributed by atoms with van der Waals surface area (Å²) in [6.45, 7) is 8.96. The van der Waals surface area contributed by atoms with Gasteiger partial charge >= 0.3 is 6.61 Å². The van der Waals surface area contributed by atoms with Crippen molar-refractivity contribution in [2.24, 2.45) is 10.9 Å². The Balaban J connectivity index is 1.99. The van der Waals surface area contributed by atoms with Crippen molar-refractivity contribution < 1.29 is 18.3 Å². The highest BCUT2D eigenvalue weighted by Gasteiger charge is 2.25. The summed E-state index contributed by atoms with van der Waals surface area (Å²) in [5, 5.41) is 6.60. The summed E-state index contributed by atoms with van der Waals surface area (Å²) in [5.41, 5.74) is 0.577. The third kappa shape index (κ3) is 7.81. The van der Waals surface area contributed by atoms with E-state index in [9.17, 15) is 8.78 Å². The van der Waals surface area contributed by atoms with Gasteiger partial charge in [-0.2, -0.15) is 8.78 Å². The molecular weight excluding hydrogens is 404 g/mol. The number of likely N-dealkylation sites (N-methyl/N-ethyl adjacent to an activating group) is 1. The van der Waals surface area contributed by atoms with Crippen LogP contribution < -0.4 is 20.1 Å². The number of hydrogen-bond donors (Lipinski definition) is 2. The van der Waals surface area contributed by atoms with Crippen molar-refractivity contribution in [2.75, 3.05) is 53.4 Å². The fourth-order valence-electron chi connectivity index (χ4n) is 3.73. The standard InChI is InChI=1S/C22H37F2N5O2/c1-6-30-19-9-7-8-17(20(19)31-21(23)24)14-26-22(25-4)27-15-18(16(2)3)29-12-10-28(5)11-13-29/h7-9,16,18,21H,6,10-15H2,1-5H3,(H2,25,26,27). The lowest BCUT2D eigenvalue weighted by atomic mass is 10.0. The second-order valence-electron chi connectivity index (χ2n) is 8.01. The van der Waals surface area contributed by atoms with Gasteiger partial charge in [-0.25, -0.2) is 0 Å². The molecule has 31 heavy (non-hydrogen) atoms. The number of halogens is 2. The number of guanidine groups is 1. The first kappa shape index (κ1) is 25.1. The minimum Gasteiger partial charge on any atom is -0.490 e. The Morgan fingerprint density at radius 3 is 2.45 bits per heavy atom. The van der Waals surface area contributed by atoms with Gasteiger partial charge in [-0.05, 0) is 26.0 Å². The van der Waals surface area contributed by atoms with Crippen molar-refractivity contribution in [1.29, 1.82) is 0 Å². The van der Waals surface area contributed by atoms with E-state index < -0.39 is 6.61 Å². The normalized spacial score (nSPS) is 17.1. The van der Waals surface area contributed by atoms with Crippen LogP contribution in [0.2, 0.25) is 0 Å². The molecule has 7 nitrogen and oxygen atoms in total. The first-order valence-electron chi connectivity index (χ1n) is 10.9. The fourth-order valence-corrected chi connectivity index (χ4v) is 3.73. The number of aliphatic imine (C=N–C) groups is 1. The summed E-state index contributed by atoms with van der Waals surface area (Å²) in [6.07, 6.45) is 0. The molecule has 0 radical (unpaired) electrons. The highest BCUT2D eigenvalue weighted by Crippen LogP contribution is 2.32. The molecule has 9 heteroatoms. The van der Waals surface area contributed by atoms with Crippen LogP contribution in [-0.2, 0) is 6.54 Å². The SMILES string of the molecule is CCOc1cccc(CNC(=NC)NCC(C(C)C)N2CCN(C)CC2)c1OC(F)F. The van der Waals surface area contributed by atoms with E-state index in [1.807, 2.05) is 0 Å². The average molecular weight is 442 g/mol. The molecule has 2 rings (SSSR count). The highest BCUT2D eigenvalue weighted by atomic mass is 19.3. The Morgan fingerprint density at radius 2 is 1.87 bits per heavy atom. The van der Waals surface area contributed by atoms with Crippen LogP contribution in [0.15, 0.2) is 23.2 Å². The number of benzene rings is 1. The number of alkyl halides is 2. The van der Waals surface area contributed by atoms with Crippen molar-refractivity contribution in [3.05, 3.63) is 23.8 Å². The minimum absolute atomic E-state index is 0.0554. The van der Waals surface area contributed by atoms with E-state index in [1.54, 1.807) is 32.2 Å². The zero-order chi connectivity index (χ0) is 22.8. The monoisotopic (exact) mass is 441 g/mol. The van der Waals surface area contributed by atoms with Crippen molar-refractivity contribution >= 4 is 5.96 Å². The third-order valence-electron chi connectivity index (χ3n) is 5.49. The molecule has 1 saturated heterocycles. The lowest BCUT2D eigenvalue weighted by Gasteiger charge is -2.40. The van der Waals surface area contributed by atoms with Crippen LogP contribution in [0.3, 0.4) is 0 Å². The van der Waals surface area contributed by atoms with Crippen LogP contribution >= 0.6 is 0 Å². The lowest BCUT2D eigenvalue weighted by Crippen LogP contribution is -2.55. The molecular formula is C22H37F2N5O2. The van der Waals surface area contributed by atoms with Gasteiger partial charge in [0.1, 0.15) is 0 Å². The van der Waals surface area contributed by atoms with E-state index in [-0.39, 0.29) is 12.3 Å². The van der Waals surface area contributed by atoms with Gasteiger partial charge in [0.2, 0.25) is 0 Å². The lowest BCUT2D eigenvalue weighted by molar-refractivity contribution is -0.0520.